The van der Waals surface area contributed by atoms with Gasteiger partial charge in [-0.1, -0.05) is 20.8 Å². The van der Waals surface area contributed by atoms with Crippen LogP contribution in [0.5, 0.6) is 0 Å². The van der Waals surface area contributed by atoms with E-state index in [1.807, 2.05) is 19.0 Å². The highest BCUT2D eigenvalue weighted by molar-refractivity contribution is 9.10. The first-order valence-electron chi connectivity index (χ1n) is 5.04. The largest absolute Gasteiger partial charge is 0.369 e. The van der Waals surface area contributed by atoms with Crippen LogP contribution in [0.3, 0.4) is 0 Å². The summed E-state index contributed by atoms with van der Waals surface area (Å²) in [6.07, 6.45) is 3.46. The molecule has 88 valence electrons. The summed E-state index contributed by atoms with van der Waals surface area (Å²) >= 11 is 3.41. The zero-order chi connectivity index (χ0) is 12.3. The molecule has 0 bridgehead atoms. The average Bonchev–Trinajstić information content (AvgIpc) is 2.14. The van der Waals surface area contributed by atoms with E-state index in [1.54, 1.807) is 12.5 Å². The molecule has 4 nitrogen and oxygen atoms in total. The smallest absolute Gasteiger partial charge is 0.135 e. The zero-order valence-corrected chi connectivity index (χ0v) is 11.9. The van der Waals surface area contributed by atoms with Crippen LogP contribution < -0.4 is 0 Å². The van der Waals surface area contributed by atoms with Gasteiger partial charge in [-0.05, 0) is 15.9 Å². The summed E-state index contributed by atoms with van der Waals surface area (Å²) in [5.74, 6) is 0.808. The van der Waals surface area contributed by atoms with E-state index in [-0.39, 0.29) is 5.41 Å². The molecule has 1 heterocycles. The Kier molecular flexibility index (Phi) is 4.02. The molecule has 0 N–H and O–H groups in total. The van der Waals surface area contributed by atoms with Gasteiger partial charge in [0.05, 0.1) is 12.5 Å². The van der Waals surface area contributed by atoms with Crippen LogP contribution in [0.2, 0.25) is 0 Å². The van der Waals surface area contributed by atoms with Gasteiger partial charge in [-0.3, -0.25) is 0 Å². The fourth-order valence-corrected chi connectivity index (χ4v) is 1.35. The van der Waals surface area contributed by atoms with E-state index in [0.717, 1.165) is 16.1 Å². The molecule has 0 aliphatic heterocycles. The Hall–Kier alpha value is -0.970. The van der Waals surface area contributed by atoms with Crippen molar-refractivity contribution in [1.29, 1.82) is 0 Å². The van der Waals surface area contributed by atoms with Gasteiger partial charge in [-0.2, -0.15) is 0 Å². The molecule has 0 aliphatic carbocycles. The van der Waals surface area contributed by atoms with Crippen molar-refractivity contribution in [2.24, 2.45) is 4.99 Å². The van der Waals surface area contributed by atoms with Crippen LogP contribution in [-0.2, 0) is 5.41 Å². The Morgan fingerprint density at radius 3 is 2.44 bits per heavy atom. The van der Waals surface area contributed by atoms with Crippen molar-refractivity contribution in [1.82, 2.24) is 14.9 Å². The lowest BCUT2D eigenvalue weighted by atomic mass is 9.96. The van der Waals surface area contributed by atoms with Crippen LogP contribution in [0, 0.1) is 0 Å². The molecule has 0 saturated heterocycles. The second-order valence-electron chi connectivity index (χ2n) is 4.83. The molecule has 1 rings (SSSR count). The molecule has 5 heteroatoms. The minimum absolute atomic E-state index is 0.0493. The second kappa shape index (κ2) is 4.91. The maximum Gasteiger partial charge on any atom is 0.135 e. The van der Waals surface area contributed by atoms with Gasteiger partial charge in [0, 0.05) is 19.5 Å². The van der Waals surface area contributed by atoms with Crippen molar-refractivity contribution in [3.8, 4) is 0 Å². The molecule has 0 radical (unpaired) electrons. The standard InChI is InChI=1S/C11H17BrN4/c1-11(2,3)10-13-6-8(9(12)15-10)14-7-16(4)5/h6-7H,1-5H3. The van der Waals surface area contributed by atoms with E-state index >= 15 is 0 Å². The van der Waals surface area contributed by atoms with E-state index in [2.05, 4.69) is 51.7 Å². The molecule has 0 aliphatic rings. The van der Waals surface area contributed by atoms with Crippen molar-refractivity contribution < 1.29 is 0 Å². The van der Waals surface area contributed by atoms with Crippen molar-refractivity contribution in [3.63, 3.8) is 0 Å². The van der Waals surface area contributed by atoms with E-state index in [1.165, 1.54) is 0 Å². The maximum absolute atomic E-state index is 4.40. The Morgan fingerprint density at radius 1 is 1.38 bits per heavy atom. The van der Waals surface area contributed by atoms with Gasteiger partial charge >= 0.3 is 0 Å². The van der Waals surface area contributed by atoms with Gasteiger partial charge in [0.25, 0.3) is 0 Å². The molecule has 1 aromatic rings. The first-order valence-corrected chi connectivity index (χ1v) is 5.83. The van der Waals surface area contributed by atoms with Crippen molar-refractivity contribution in [2.75, 3.05) is 14.1 Å². The predicted molar refractivity (Wildman–Crippen MR) is 70.3 cm³/mol. The molecular formula is C11H17BrN4. The minimum Gasteiger partial charge on any atom is -0.369 e. The van der Waals surface area contributed by atoms with Crippen LogP contribution in [-0.4, -0.2) is 35.3 Å². The topological polar surface area (TPSA) is 41.4 Å². The molecule has 0 atom stereocenters. The van der Waals surface area contributed by atoms with Crippen molar-refractivity contribution in [3.05, 3.63) is 16.6 Å². The predicted octanol–water partition coefficient (Wildman–Crippen LogP) is 2.76. The molecule has 0 fully saturated rings. The number of aliphatic imine (C=N–C) groups is 1. The lowest BCUT2D eigenvalue weighted by molar-refractivity contribution is 0.543. The third-order valence-corrected chi connectivity index (χ3v) is 2.41. The first-order chi connectivity index (χ1) is 7.30. The fourth-order valence-electron chi connectivity index (χ4n) is 0.980. The van der Waals surface area contributed by atoms with Gasteiger partial charge in [0.15, 0.2) is 0 Å². The van der Waals surface area contributed by atoms with Gasteiger partial charge < -0.3 is 4.90 Å². The monoisotopic (exact) mass is 284 g/mol. The van der Waals surface area contributed by atoms with Crippen LogP contribution >= 0.6 is 15.9 Å². The molecule has 0 unspecified atom stereocenters. The summed E-state index contributed by atoms with van der Waals surface area (Å²) in [4.78, 5) is 14.8. The van der Waals surface area contributed by atoms with Crippen LogP contribution in [0.1, 0.15) is 26.6 Å². The summed E-state index contributed by atoms with van der Waals surface area (Å²) in [6, 6.07) is 0. The number of nitrogens with zero attached hydrogens (tertiary/aromatic N) is 4. The highest BCUT2D eigenvalue weighted by Crippen LogP contribution is 2.25. The quantitative estimate of drug-likeness (QED) is 0.476. The lowest BCUT2D eigenvalue weighted by Crippen LogP contribution is -2.15. The average molecular weight is 285 g/mol. The molecule has 0 aromatic carbocycles. The molecule has 0 amide bonds. The lowest BCUT2D eigenvalue weighted by Gasteiger charge is -2.16. The van der Waals surface area contributed by atoms with Crippen molar-refractivity contribution in [2.45, 2.75) is 26.2 Å². The van der Waals surface area contributed by atoms with Crippen LogP contribution in [0.15, 0.2) is 15.8 Å². The molecule has 0 saturated carbocycles. The summed E-state index contributed by atoms with van der Waals surface area (Å²) in [5, 5.41) is 0. The fraction of sp³-hybridized carbons (Fsp3) is 0.545. The SMILES string of the molecule is CN(C)C=Nc1cnc(C(C)(C)C)nc1Br. The van der Waals surface area contributed by atoms with Crippen molar-refractivity contribution >= 4 is 28.0 Å². The third kappa shape index (κ3) is 3.56. The normalized spacial score (nSPS) is 12.1. The number of aromatic nitrogens is 2. The van der Waals surface area contributed by atoms with Crippen LogP contribution in [0.25, 0.3) is 0 Å². The number of hydrogen-bond donors (Lipinski definition) is 0. The highest BCUT2D eigenvalue weighted by atomic mass is 79.9. The Balaban J connectivity index is 3.01. The maximum atomic E-state index is 4.40. The number of rotatable bonds is 2. The Morgan fingerprint density at radius 2 is 2.00 bits per heavy atom. The van der Waals surface area contributed by atoms with E-state index in [9.17, 15) is 0 Å². The van der Waals surface area contributed by atoms with Gasteiger partial charge in [0.2, 0.25) is 0 Å². The zero-order valence-electron chi connectivity index (χ0n) is 10.3. The Labute approximate surface area is 105 Å². The van der Waals surface area contributed by atoms with Gasteiger partial charge in [-0.25, -0.2) is 15.0 Å². The number of hydrogen-bond acceptors (Lipinski definition) is 3. The minimum atomic E-state index is -0.0493. The molecule has 1 aromatic heterocycles. The van der Waals surface area contributed by atoms with Crippen LogP contribution in [0.4, 0.5) is 5.69 Å². The first kappa shape index (κ1) is 13.1. The van der Waals surface area contributed by atoms with E-state index in [4.69, 9.17) is 0 Å². The second-order valence-corrected chi connectivity index (χ2v) is 5.58. The van der Waals surface area contributed by atoms with Gasteiger partial charge in [0.1, 0.15) is 16.1 Å². The summed E-state index contributed by atoms with van der Waals surface area (Å²) < 4.78 is 0.727. The van der Waals surface area contributed by atoms with E-state index < -0.39 is 0 Å². The van der Waals surface area contributed by atoms with Gasteiger partial charge in [-0.15, -0.1) is 0 Å². The highest BCUT2D eigenvalue weighted by Gasteiger charge is 2.18. The third-order valence-electron chi connectivity index (χ3n) is 1.82. The number of halogens is 1. The summed E-state index contributed by atoms with van der Waals surface area (Å²) in [5.41, 5.74) is 0.688. The molecule has 16 heavy (non-hydrogen) atoms. The molecule has 0 spiro atoms. The summed E-state index contributed by atoms with van der Waals surface area (Å²) in [7, 11) is 3.84. The Bertz CT molecular complexity index is 393. The molecular weight excluding hydrogens is 268 g/mol. The van der Waals surface area contributed by atoms with E-state index in [0.29, 0.717) is 0 Å². The summed E-state index contributed by atoms with van der Waals surface area (Å²) in [6.45, 7) is 6.24.